The number of piperazine rings is 1. The molecular weight excluding hydrogens is 228 g/mol. The zero-order chi connectivity index (χ0) is 12.5. The molecule has 1 aliphatic carbocycles. The lowest BCUT2D eigenvalue weighted by Crippen LogP contribution is -2.47. The maximum absolute atomic E-state index is 5.70. The summed E-state index contributed by atoms with van der Waals surface area (Å²) in [6.07, 6.45) is 2.83. The van der Waals surface area contributed by atoms with Crippen molar-refractivity contribution in [3.05, 3.63) is 6.07 Å². The quantitative estimate of drug-likeness (QED) is 0.793. The van der Waals surface area contributed by atoms with E-state index in [1.54, 1.807) is 6.07 Å². The van der Waals surface area contributed by atoms with Gasteiger partial charge in [-0.2, -0.15) is 9.97 Å². The normalized spacial score (nSPS) is 21.2. The van der Waals surface area contributed by atoms with Crippen LogP contribution in [0.15, 0.2) is 6.07 Å². The van der Waals surface area contributed by atoms with Crippen molar-refractivity contribution in [3.8, 4) is 0 Å². The van der Waals surface area contributed by atoms with E-state index in [9.17, 15) is 0 Å². The SMILES string of the molecule is Nc1cc(N2CCN(CC3CC3)CC2)nc(N)n1. The molecule has 0 radical (unpaired) electrons. The summed E-state index contributed by atoms with van der Waals surface area (Å²) in [5.41, 5.74) is 11.3. The van der Waals surface area contributed by atoms with Gasteiger partial charge in [0.15, 0.2) is 0 Å². The van der Waals surface area contributed by atoms with Crippen LogP contribution in [0, 0.1) is 5.92 Å². The number of anilines is 3. The number of aromatic nitrogens is 2. The Kier molecular flexibility index (Phi) is 2.95. The van der Waals surface area contributed by atoms with Gasteiger partial charge in [0.2, 0.25) is 5.95 Å². The van der Waals surface area contributed by atoms with Crippen molar-refractivity contribution in [1.29, 1.82) is 0 Å². The fourth-order valence-electron chi connectivity index (χ4n) is 2.46. The summed E-state index contributed by atoms with van der Waals surface area (Å²) in [5.74, 6) is 2.51. The molecule has 1 aromatic heterocycles. The van der Waals surface area contributed by atoms with Crippen LogP contribution < -0.4 is 16.4 Å². The summed E-state index contributed by atoms with van der Waals surface area (Å²) in [6, 6.07) is 1.80. The number of rotatable bonds is 3. The molecule has 2 fully saturated rings. The number of nitrogens with two attached hydrogens (primary N) is 2. The Balaban J connectivity index is 1.60. The van der Waals surface area contributed by atoms with E-state index in [1.807, 2.05) is 0 Å². The lowest BCUT2D eigenvalue weighted by atomic mass is 10.2. The molecule has 2 aliphatic rings. The minimum atomic E-state index is 0.255. The topological polar surface area (TPSA) is 84.3 Å². The molecule has 0 atom stereocenters. The van der Waals surface area contributed by atoms with Crippen molar-refractivity contribution < 1.29 is 0 Å². The van der Waals surface area contributed by atoms with Crippen LogP contribution in [-0.2, 0) is 0 Å². The van der Waals surface area contributed by atoms with E-state index in [1.165, 1.54) is 19.4 Å². The molecule has 0 spiro atoms. The molecule has 98 valence electrons. The highest BCUT2D eigenvalue weighted by molar-refractivity contribution is 5.50. The molecule has 4 N–H and O–H groups in total. The van der Waals surface area contributed by atoms with E-state index in [4.69, 9.17) is 11.5 Å². The number of hydrogen-bond donors (Lipinski definition) is 2. The van der Waals surface area contributed by atoms with Gasteiger partial charge < -0.3 is 16.4 Å². The Morgan fingerprint density at radius 1 is 1.11 bits per heavy atom. The van der Waals surface area contributed by atoms with Crippen molar-refractivity contribution in [2.75, 3.05) is 49.1 Å². The molecule has 0 aromatic carbocycles. The molecule has 6 heteroatoms. The predicted octanol–water partition coefficient (Wildman–Crippen LogP) is 0.173. The third kappa shape index (κ3) is 2.64. The molecule has 18 heavy (non-hydrogen) atoms. The number of nitrogen functional groups attached to an aromatic ring is 2. The number of nitrogens with zero attached hydrogens (tertiary/aromatic N) is 4. The average Bonchev–Trinajstić information content (AvgIpc) is 3.12. The summed E-state index contributed by atoms with van der Waals surface area (Å²) < 4.78 is 0. The summed E-state index contributed by atoms with van der Waals surface area (Å²) in [4.78, 5) is 12.9. The van der Waals surface area contributed by atoms with E-state index in [0.29, 0.717) is 5.82 Å². The Morgan fingerprint density at radius 3 is 2.44 bits per heavy atom. The van der Waals surface area contributed by atoms with Crippen LogP contribution >= 0.6 is 0 Å². The van der Waals surface area contributed by atoms with Gasteiger partial charge in [-0.1, -0.05) is 0 Å². The van der Waals surface area contributed by atoms with Gasteiger partial charge in [-0.15, -0.1) is 0 Å². The second kappa shape index (κ2) is 4.61. The first kappa shape index (κ1) is 11.5. The Morgan fingerprint density at radius 2 is 1.83 bits per heavy atom. The van der Waals surface area contributed by atoms with Crippen molar-refractivity contribution in [2.45, 2.75) is 12.8 Å². The molecule has 1 saturated carbocycles. The van der Waals surface area contributed by atoms with Gasteiger partial charge >= 0.3 is 0 Å². The summed E-state index contributed by atoms with van der Waals surface area (Å²) in [6.45, 7) is 5.44. The maximum Gasteiger partial charge on any atom is 0.223 e. The lowest BCUT2D eigenvalue weighted by Gasteiger charge is -2.35. The minimum absolute atomic E-state index is 0.255. The van der Waals surface area contributed by atoms with Crippen molar-refractivity contribution in [2.24, 2.45) is 5.92 Å². The van der Waals surface area contributed by atoms with E-state index < -0.39 is 0 Å². The van der Waals surface area contributed by atoms with E-state index in [0.717, 1.165) is 37.9 Å². The zero-order valence-electron chi connectivity index (χ0n) is 10.5. The summed E-state index contributed by atoms with van der Waals surface area (Å²) in [5, 5.41) is 0. The largest absolute Gasteiger partial charge is 0.383 e. The van der Waals surface area contributed by atoms with E-state index in [-0.39, 0.29) is 5.95 Å². The highest BCUT2D eigenvalue weighted by Gasteiger charge is 2.26. The van der Waals surface area contributed by atoms with E-state index >= 15 is 0 Å². The first-order chi connectivity index (χ1) is 8.70. The smallest absolute Gasteiger partial charge is 0.223 e. The Labute approximate surface area is 107 Å². The zero-order valence-corrected chi connectivity index (χ0v) is 10.5. The molecule has 0 bridgehead atoms. The molecule has 0 unspecified atom stereocenters. The van der Waals surface area contributed by atoms with Gasteiger partial charge in [0.25, 0.3) is 0 Å². The first-order valence-electron chi connectivity index (χ1n) is 6.58. The van der Waals surface area contributed by atoms with Gasteiger partial charge in [0, 0.05) is 38.8 Å². The Bertz CT molecular complexity index is 402. The molecule has 2 heterocycles. The molecule has 6 nitrogen and oxygen atoms in total. The highest BCUT2D eigenvalue weighted by Crippen LogP contribution is 2.30. The Hall–Kier alpha value is -1.56. The van der Waals surface area contributed by atoms with Gasteiger partial charge in [-0.25, -0.2) is 0 Å². The molecule has 1 aromatic rings. The van der Waals surface area contributed by atoms with Crippen LogP contribution in [-0.4, -0.2) is 47.6 Å². The van der Waals surface area contributed by atoms with Crippen molar-refractivity contribution in [3.63, 3.8) is 0 Å². The third-order valence-electron chi connectivity index (χ3n) is 3.66. The van der Waals surface area contributed by atoms with Crippen LogP contribution in [0.25, 0.3) is 0 Å². The van der Waals surface area contributed by atoms with Gasteiger partial charge in [-0.05, 0) is 18.8 Å². The second-order valence-electron chi connectivity index (χ2n) is 5.24. The van der Waals surface area contributed by atoms with Crippen LogP contribution in [0.5, 0.6) is 0 Å². The summed E-state index contributed by atoms with van der Waals surface area (Å²) >= 11 is 0. The summed E-state index contributed by atoms with van der Waals surface area (Å²) in [7, 11) is 0. The van der Waals surface area contributed by atoms with E-state index in [2.05, 4.69) is 19.8 Å². The van der Waals surface area contributed by atoms with Crippen LogP contribution in [0.2, 0.25) is 0 Å². The minimum Gasteiger partial charge on any atom is -0.383 e. The second-order valence-corrected chi connectivity index (χ2v) is 5.24. The van der Waals surface area contributed by atoms with Crippen LogP contribution in [0.4, 0.5) is 17.6 Å². The average molecular weight is 248 g/mol. The van der Waals surface area contributed by atoms with Gasteiger partial charge in [0.1, 0.15) is 11.6 Å². The molecule has 1 aliphatic heterocycles. The highest BCUT2D eigenvalue weighted by atomic mass is 15.3. The lowest BCUT2D eigenvalue weighted by molar-refractivity contribution is 0.247. The van der Waals surface area contributed by atoms with Gasteiger partial charge in [0.05, 0.1) is 0 Å². The van der Waals surface area contributed by atoms with Crippen molar-refractivity contribution >= 4 is 17.6 Å². The fourth-order valence-corrected chi connectivity index (χ4v) is 2.46. The molecule has 1 saturated heterocycles. The maximum atomic E-state index is 5.70. The monoisotopic (exact) mass is 248 g/mol. The van der Waals surface area contributed by atoms with Gasteiger partial charge in [-0.3, -0.25) is 4.90 Å². The van der Waals surface area contributed by atoms with Crippen molar-refractivity contribution in [1.82, 2.24) is 14.9 Å². The number of hydrogen-bond acceptors (Lipinski definition) is 6. The third-order valence-corrected chi connectivity index (χ3v) is 3.66. The van der Waals surface area contributed by atoms with Crippen LogP contribution in [0.1, 0.15) is 12.8 Å². The predicted molar refractivity (Wildman–Crippen MR) is 72.2 cm³/mol. The molecule has 3 rings (SSSR count). The molecular formula is C12H20N6. The standard InChI is InChI=1S/C12H20N6/c13-10-7-11(16-12(14)15-10)18-5-3-17(4-6-18)8-9-1-2-9/h7,9H,1-6,8H2,(H4,13,14,15,16). The van der Waals surface area contributed by atoms with Crippen LogP contribution in [0.3, 0.4) is 0 Å². The first-order valence-corrected chi connectivity index (χ1v) is 6.58. The fraction of sp³-hybridized carbons (Fsp3) is 0.667. The molecule has 0 amide bonds.